The number of hydrogen-bond donors (Lipinski definition) is 7. The van der Waals surface area contributed by atoms with Gasteiger partial charge in [-0.2, -0.15) is 0 Å². The van der Waals surface area contributed by atoms with Crippen molar-refractivity contribution in [1.29, 1.82) is 0 Å². The molecular weight excluding hydrogens is 326 g/mol. The number of fused-ring (bicyclic) bond motifs is 1. The third-order valence-corrected chi connectivity index (χ3v) is 4.25. The number of nitrogens with two attached hydrogens (primary N) is 1. The van der Waals surface area contributed by atoms with Gasteiger partial charge in [-0.15, -0.1) is 0 Å². The zero-order valence-electron chi connectivity index (χ0n) is 12.4. The molecule has 8 N–H and O–H groups in total. The van der Waals surface area contributed by atoms with Crippen LogP contribution in [0.25, 0.3) is 0 Å². The first kappa shape index (κ1) is 17.0. The molecule has 12 nitrogen and oxygen atoms in total. The van der Waals surface area contributed by atoms with Gasteiger partial charge < -0.3 is 40.9 Å². The van der Waals surface area contributed by atoms with E-state index in [0.717, 1.165) is 0 Å². The third-order valence-electron chi connectivity index (χ3n) is 4.25. The Hall–Kier alpha value is -1.83. The number of aliphatic hydroxyl groups is 5. The van der Waals surface area contributed by atoms with Crippen molar-refractivity contribution in [2.75, 3.05) is 6.61 Å². The van der Waals surface area contributed by atoms with Crippen molar-refractivity contribution in [3.8, 4) is 0 Å². The number of guanidine groups is 1. The Kier molecular flexibility index (Phi) is 4.42. The number of aliphatic hydroxyl groups excluding tert-OH is 5. The number of carbonyl (C=O) groups is 1. The normalized spacial score (nSPS) is 45.5. The fourth-order valence-electron chi connectivity index (χ4n) is 2.92. The van der Waals surface area contributed by atoms with Crippen LogP contribution in [0.1, 0.15) is 0 Å². The summed E-state index contributed by atoms with van der Waals surface area (Å²) in [5, 5.41) is 51.7. The molecular formula is C12H19N5O7. The maximum Gasteiger partial charge on any atom is 0.255 e. The van der Waals surface area contributed by atoms with Gasteiger partial charge in [-0.05, 0) is 0 Å². The SMILES string of the molecule is NC1=NC2C(N=CN2[C@@H]2O[C@H](CO)[C@@H](O)[C@@H](O)[C@@H](O)[C@H]2O)C(=O)N1. The number of rotatable bonds is 2. The standard InChI is InChI=1S/C12H19N5O7/c13-12-15-9-4(10(23)16-12)14-2-17(9)11-8(22)7(21)6(20)5(19)3(1-18)24-11/h2-9,11,18-22H,1H2,(H3,13,15,16,23)/t3-,4?,5-,6-,7-,8-,9?,11-/m1/s1. The number of nitrogens with one attached hydrogen (secondary N) is 1. The van der Waals surface area contributed by atoms with Crippen molar-refractivity contribution in [3.05, 3.63) is 0 Å². The van der Waals surface area contributed by atoms with Crippen LogP contribution in [0, 0.1) is 0 Å². The number of hydrogen-bond acceptors (Lipinski definition) is 11. The molecule has 0 aromatic heterocycles. The molecule has 0 aromatic rings. The molecule has 3 rings (SSSR count). The fourth-order valence-corrected chi connectivity index (χ4v) is 2.92. The number of aliphatic imine (C=N–C) groups is 2. The van der Waals surface area contributed by atoms with Crippen LogP contribution in [0.3, 0.4) is 0 Å². The second-order valence-electron chi connectivity index (χ2n) is 5.78. The van der Waals surface area contributed by atoms with Crippen molar-refractivity contribution in [1.82, 2.24) is 10.2 Å². The van der Waals surface area contributed by atoms with Gasteiger partial charge in [-0.1, -0.05) is 0 Å². The number of nitrogens with zero attached hydrogens (tertiary/aromatic N) is 3. The summed E-state index contributed by atoms with van der Waals surface area (Å²) in [6.45, 7) is -0.668. The van der Waals surface area contributed by atoms with Gasteiger partial charge in [0.2, 0.25) is 0 Å². The summed E-state index contributed by atoms with van der Waals surface area (Å²) in [5.74, 6) is -0.632. The van der Waals surface area contributed by atoms with Gasteiger partial charge in [0.25, 0.3) is 5.91 Å². The molecule has 0 aromatic carbocycles. The first-order chi connectivity index (χ1) is 11.3. The van der Waals surface area contributed by atoms with E-state index >= 15 is 0 Å². The average molecular weight is 345 g/mol. The number of amides is 1. The number of ether oxygens (including phenoxy) is 1. The molecule has 1 amide bonds. The Morgan fingerprint density at radius 1 is 1.21 bits per heavy atom. The van der Waals surface area contributed by atoms with Crippen LogP contribution < -0.4 is 11.1 Å². The molecule has 2 unspecified atom stereocenters. The zero-order chi connectivity index (χ0) is 17.6. The molecule has 3 aliphatic rings. The van der Waals surface area contributed by atoms with Crippen LogP contribution in [0.15, 0.2) is 9.98 Å². The van der Waals surface area contributed by atoms with Crippen molar-refractivity contribution in [2.24, 2.45) is 15.7 Å². The minimum atomic E-state index is -1.76. The maximum absolute atomic E-state index is 11.9. The van der Waals surface area contributed by atoms with Crippen LogP contribution in [0.5, 0.6) is 0 Å². The molecule has 0 bridgehead atoms. The summed E-state index contributed by atoms with van der Waals surface area (Å²) in [4.78, 5) is 21.1. The lowest BCUT2D eigenvalue weighted by Gasteiger charge is -2.36. The highest BCUT2D eigenvalue weighted by Crippen LogP contribution is 2.28. The van der Waals surface area contributed by atoms with Gasteiger partial charge in [-0.3, -0.25) is 15.1 Å². The van der Waals surface area contributed by atoms with Gasteiger partial charge >= 0.3 is 0 Å². The van der Waals surface area contributed by atoms with Gasteiger partial charge in [-0.25, -0.2) is 4.99 Å². The van der Waals surface area contributed by atoms with Crippen LogP contribution in [0.4, 0.5) is 0 Å². The smallest absolute Gasteiger partial charge is 0.255 e. The molecule has 134 valence electrons. The van der Waals surface area contributed by atoms with E-state index in [1.54, 1.807) is 0 Å². The van der Waals surface area contributed by atoms with E-state index in [2.05, 4.69) is 15.3 Å². The quantitative estimate of drug-likeness (QED) is 0.256. The average Bonchev–Trinajstić information content (AvgIpc) is 2.94. The van der Waals surface area contributed by atoms with Crippen molar-refractivity contribution < 1.29 is 35.1 Å². The lowest BCUT2D eigenvalue weighted by Crippen LogP contribution is -2.59. The molecule has 12 heteroatoms. The van der Waals surface area contributed by atoms with E-state index in [1.165, 1.54) is 11.2 Å². The highest BCUT2D eigenvalue weighted by atomic mass is 16.6. The molecule has 0 aliphatic carbocycles. The summed E-state index contributed by atoms with van der Waals surface area (Å²) in [7, 11) is 0. The predicted octanol–water partition coefficient (Wildman–Crippen LogP) is -5.37. The van der Waals surface area contributed by atoms with E-state index in [1.807, 2.05) is 0 Å². The van der Waals surface area contributed by atoms with E-state index < -0.39 is 61.5 Å². The van der Waals surface area contributed by atoms with Crippen molar-refractivity contribution in [2.45, 2.75) is 49.0 Å². The largest absolute Gasteiger partial charge is 0.394 e. The van der Waals surface area contributed by atoms with Gasteiger partial charge in [0.1, 0.15) is 30.5 Å². The molecule has 3 heterocycles. The van der Waals surface area contributed by atoms with Crippen LogP contribution >= 0.6 is 0 Å². The molecule has 8 atom stereocenters. The van der Waals surface area contributed by atoms with Crippen LogP contribution in [-0.2, 0) is 9.53 Å². The summed E-state index contributed by atoms with van der Waals surface area (Å²) in [6.07, 6.45) is -9.10. The first-order valence-electron chi connectivity index (χ1n) is 7.28. The lowest BCUT2D eigenvalue weighted by molar-refractivity contribution is -0.167. The second-order valence-corrected chi connectivity index (χ2v) is 5.78. The first-order valence-corrected chi connectivity index (χ1v) is 7.28. The highest BCUT2D eigenvalue weighted by molar-refractivity contribution is 6.02. The van der Waals surface area contributed by atoms with Gasteiger partial charge in [0.05, 0.1) is 12.9 Å². The monoisotopic (exact) mass is 345 g/mol. The lowest BCUT2D eigenvalue weighted by atomic mass is 10.0. The summed E-state index contributed by atoms with van der Waals surface area (Å²) in [6, 6.07) is -0.920. The van der Waals surface area contributed by atoms with E-state index in [4.69, 9.17) is 10.5 Å². The summed E-state index contributed by atoms with van der Waals surface area (Å²) >= 11 is 0. The topological polar surface area (TPSA) is 193 Å². The minimum absolute atomic E-state index is 0.140. The molecule has 1 fully saturated rings. The van der Waals surface area contributed by atoms with Crippen molar-refractivity contribution in [3.63, 3.8) is 0 Å². The summed E-state index contributed by atoms with van der Waals surface area (Å²) in [5.41, 5.74) is 5.53. The Morgan fingerprint density at radius 2 is 1.88 bits per heavy atom. The maximum atomic E-state index is 11.9. The third kappa shape index (κ3) is 2.62. The van der Waals surface area contributed by atoms with Gasteiger partial charge in [0.15, 0.2) is 24.4 Å². The Labute approximate surface area is 135 Å². The van der Waals surface area contributed by atoms with Crippen LogP contribution in [0.2, 0.25) is 0 Å². The Balaban J connectivity index is 1.91. The Bertz CT molecular complexity index is 570. The highest BCUT2D eigenvalue weighted by Gasteiger charge is 2.50. The van der Waals surface area contributed by atoms with Crippen LogP contribution in [-0.4, -0.2) is 104 Å². The van der Waals surface area contributed by atoms with Gasteiger partial charge in [0, 0.05) is 0 Å². The number of carbonyl (C=O) groups excluding carboxylic acids is 1. The minimum Gasteiger partial charge on any atom is -0.394 e. The van der Waals surface area contributed by atoms with E-state index in [9.17, 15) is 30.3 Å². The molecule has 3 aliphatic heterocycles. The predicted molar refractivity (Wildman–Crippen MR) is 77.4 cm³/mol. The van der Waals surface area contributed by atoms with Crippen molar-refractivity contribution >= 4 is 18.2 Å². The second kappa shape index (κ2) is 6.23. The molecule has 24 heavy (non-hydrogen) atoms. The Morgan fingerprint density at radius 3 is 2.54 bits per heavy atom. The zero-order valence-corrected chi connectivity index (χ0v) is 12.4. The fraction of sp³-hybridized carbons (Fsp3) is 0.750. The molecule has 0 radical (unpaired) electrons. The van der Waals surface area contributed by atoms with E-state index in [0.29, 0.717) is 0 Å². The molecule has 1 saturated heterocycles. The molecule has 0 saturated carbocycles. The van der Waals surface area contributed by atoms with E-state index in [-0.39, 0.29) is 5.96 Å². The molecule has 0 spiro atoms. The summed E-state index contributed by atoms with van der Waals surface area (Å²) < 4.78 is 5.45.